The van der Waals surface area contributed by atoms with Gasteiger partial charge in [0.15, 0.2) is 0 Å². The first-order valence-electron chi connectivity index (χ1n) is 3.73. The minimum Gasteiger partial charge on any atom is -0.366 e. The Kier molecular flexibility index (Phi) is 2.00. The Labute approximate surface area is 67.2 Å². The molecule has 0 aromatic carbocycles. The molecule has 1 aliphatic rings. The Balaban J connectivity index is 2.86. The van der Waals surface area contributed by atoms with Gasteiger partial charge in [-0.05, 0) is 17.6 Å². The van der Waals surface area contributed by atoms with E-state index in [4.69, 9.17) is 5.26 Å². The van der Waals surface area contributed by atoms with E-state index in [-0.39, 0.29) is 6.04 Å². The molecule has 2 nitrogen and oxygen atoms in total. The molecule has 0 radical (unpaired) electrons. The van der Waals surface area contributed by atoms with Crippen molar-refractivity contribution in [3.05, 3.63) is 23.9 Å². The molecule has 0 amide bonds. The topological polar surface area (TPSA) is 35.8 Å². The predicted molar refractivity (Wildman–Crippen MR) is 44.6 cm³/mol. The van der Waals surface area contributed by atoms with Crippen molar-refractivity contribution in [1.29, 1.82) is 5.26 Å². The van der Waals surface area contributed by atoms with Gasteiger partial charge in [0.2, 0.25) is 0 Å². The van der Waals surface area contributed by atoms with Crippen molar-refractivity contribution in [2.75, 3.05) is 0 Å². The molecule has 1 heterocycles. The third kappa shape index (κ3) is 1.14. The Hall–Kier alpha value is -1.23. The number of rotatable bonds is 2. The monoisotopic (exact) mass is 148 g/mol. The number of allylic oxidation sites excluding steroid dienone is 1. The van der Waals surface area contributed by atoms with E-state index < -0.39 is 0 Å². The van der Waals surface area contributed by atoms with Crippen LogP contribution >= 0.6 is 0 Å². The molecular formula is C9H12N2. The summed E-state index contributed by atoms with van der Waals surface area (Å²) in [6.45, 7) is 7.83. The van der Waals surface area contributed by atoms with Crippen LogP contribution in [0.3, 0.4) is 0 Å². The van der Waals surface area contributed by atoms with Gasteiger partial charge in [-0.25, -0.2) is 0 Å². The largest absolute Gasteiger partial charge is 0.366 e. The summed E-state index contributed by atoms with van der Waals surface area (Å²) in [5.41, 5.74) is 2.22. The average molecular weight is 148 g/mol. The van der Waals surface area contributed by atoms with E-state index in [1.807, 2.05) is 0 Å². The predicted octanol–water partition coefficient (Wildman–Crippen LogP) is 1.58. The van der Waals surface area contributed by atoms with Crippen molar-refractivity contribution in [2.24, 2.45) is 5.92 Å². The second-order valence-corrected chi connectivity index (χ2v) is 2.93. The maximum absolute atomic E-state index is 8.64. The lowest BCUT2D eigenvalue weighted by molar-refractivity contribution is 0.570. The zero-order chi connectivity index (χ0) is 8.43. The molecular weight excluding hydrogens is 136 g/mol. The highest BCUT2D eigenvalue weighted by molar-refractivity contribution is 5.42. The molecule has 0 fully saturated rings. The zero-order valence-electron chi connectivity index (χ0n) is 6.89. The summed E-state index contributed by atoms with van der Waals surface area (Å²) in [5.74, 6) is 0.439. The summed E-state index contributed by atoms with van der Waals surface area (Å²) in [6, 6.07) is 2.10. The maximum Gasteiger partial charge on any atom is 0.138 e. The summed E-state index contributed by atoms with van der Waals surface area (Å²) < 4.78 is 0. The highest BCUT2D eigenvalue weighted by Crippen LogP contribution is 2.26. The van der Waals surface area contributed by atoms with Gasteiger partial charge in [0, 0.05) is 5.70 Å². The first-order valence-corrected chi connectivity index (χ1v) is 3.73. The molecule has 0 bridgehead atoms. The van der Waals surface area contributed by atoms with E-state index >= 15 is 0 Å². The van der Waals surface area contributed by atoms with E-state index in [2.05, 4.69) is 31.8 Å². The van der Waals surface area contributed by atoms with Crippen molar-refractivity contribution >= 4 is 0 Å². The van der Waals surface area contributed by atoms with E-state index in [9.17, 15) is 0 Å². The van der Waals surface area contributed by atoms with Crippen molar-refractivity contribution < 1.29 is 0 Å². The van der Waals surface area contributed by atoms with Crippen molar-refractivity contribution in [3.8, 4) is 6.07 Å². The van der Waals surface area contributed by atoms with Gasteiger partial charge in [-0.15, -0.1) is 0 Å². The first-order chi connectivity index (χ1) is 5.20. The van der Waals surface area contributed by atoms with E-state index in [0.29, 0.717) is 5.92 Å². The third-order valence-electron chi connectivity index (χ3n) is 1.88. The number of nitrogens with zero attached hydrogens (tertiary/aromatic N) is 1. The van der Waals surface area contributed by atoms with Gasteiger partial charge in [0.05, 0.1) is 6.07 Å². The molecule has 1 rings (SSSR count). The van der Waals surface area contributed by atoms with Gasteiger partial charge in [-0.3, -0.25) is 0 Å². The fourth-order valence-corrected chi connectivity index (χ4v) is 1.32. The van der Waals surface area contributed by atoms with Crippen LogP contribution in [0.5, 0.6) is 0 Å². The van der Waals surface area contributed by atoms with Crippen molar-refractivity contribution in [3.63, 3.8) is 0 Å². The molecule has 0 spiro atoms. The minimum atomic E-state index is -0.0806. The summed E-state index contributed by atoms with van der Waals surface area (Å²) in [4.78, 5) is 0. The summed E-state index contributed by atoms with van der Waals surface area (Å²) in [5, 5.41) is 11.6. The van der Waals surface area contributed by atoms with Gasteiger partial charge in [0.25, 0.3) is 0 Å². The molecule has 0 aromatic rings. The number of hydrogen-bond donors (Lipinski definition) is 1. The lowest BCUT2D eigenvalue weighted by Crippen LogP contribution is -2.42. The fourth-order valence-electron chi connectivity index (χ4n) is 1.32. The molecule has 0 saturated heterocycles. The van der Waals surface area contributed by atoms with Gasteiger partial charge >= 0.3 is 0 Å². The van der Waals surface area contributed by atoms with E-state index in [0.717, 1.165) is 5.70 Å². The second kappa shape index (κ2) is 2.79. The number of nitriles is 1. The second-order valence-electron chi connectivity index (χ2n) is 2.93. The van der Waals surface area contributed by atoms with Crippen molar-refractivity contribution in [1.82, 2.24) is 5.32 Å². The standard InChI is InChI=1S/C9H12N2/c1-4-7-9(6(2)3)8(5-10)11-7/h4,6,8,11H,1H2,2-3H3. The van der Waals surface area contributed by atoms with Gasteiger partial charge < -0.3 is 5.32 Å². The molecule has 0 saturated carbocycles. The van der Waals surface area contributed by atoms with Crippen LogP contribution in [-0.4, -0.2) is 6.04 Å². The lowest BCUT2D eigenvalue weighted by Gasteiger charge is -2.32. The fraction of sp³-hybridized carbons (Fsp3) is 0.444. The van der Waals surface area contributed by atoms with Crippen LogP contribution in [0, 0.1) is 17.2 Å². The van der Waals surface area contributed by atoms with Crippen LogP contribution in [0.15, 0.2) is 23.9 Å². The molecule has 0 aromatic heterocycles. The lowest BCUT2D eigenvalue weighted by atomic mass is 9.88. The Morgan fingerprint density at radius 2 is 2.36 bits per heavy atom. The Morgan fingerprint density at radius 1 is 1.73 bits per heavy atom. The quantitative estimate of drug-likeness (QED) is 0.645. The third-order valence-corrected chi connectivity index (χ3v) is 1.88. The normalized spacial score (nSPS) is 22.2. The molecule has 1 N–H and O–H groups in total. The molecule has 2 heteroatoms. The number of hydrogen-bond acceptors (Lipinski definition) is 2. The highest BCUT2D eigenvalue weighted by Gasteiger charge is 2.28. The van der Waals surface area contributed by atoms with Gasteiger partial charge in [-0.2, -0.15) is 5.26 Å². The first kappa shape index (κ1) is 7.87. The smallest absolute Gasteiger partial charge is 0.138 e. The summed E-state index contributed by atoms with van der Waals surface area (Å²) >= 11 is 0. The minimum absolute atomic E-state index is 0.0806. The van der Waals surface area contributed by atoms with Gasteiger partial charge in [0.1, 0.15) is 6.04 Å². The van der Waals surface area contributed by atoms with E-state index in [1.54, 1.807) is 6.08 Å². The molecule has 11 heavy (non-hydrogen) atoms. The molecule has 1 unspecified atom stereocenters. The zero-order valence-corrected chi connectivity index (χ0v) is 6.89. The van der Waals surface area contributed by atoms with Crippen LogP contribution < -0.4 is 5.32 Å². The Morgan fingerprint density at radius 3 is 2.73 bits per heavy atom. The van der Waals surface area contributed by atoms with E-state index in [1.165, 1.54) is 5.57 Å². The molecule has 0 aliphatic carbocycles. The molecule has 1 atom stereocenters. The van der Waals surface area contributed by atoms with Crippen LogP contribution in [0.2, 0.25) is 0 Å². The Bertz CT molecular complexity index is 243. The highest BCUT2D eigenvalue weighted by atomic mass is 15.0. The maximum atomic E-state index is 8.64. The summed E-state index contributed by atoms with van der Waals surface area (Å²) in [7, 11) is 0. The molecule has 1 aliphatic heterocycles. The van der Waals surface area contributed by atoms with Crippen LogP contribution in [0.4, 0.5) is 0 Å². The SMILES string of the molecule is C=CC1=C(C(C)C)C(C#N)N1. The average Bonchev–Trinajstić information content (AvgIpc) is 1.86. The molecule has 58 valence electrons. The van der Waals surface area contributed by atoms with Crippen LogP contribution in [0.25, 0.3) is 0 Å². The van der Waals surface area contributed by atoms with Crippen molar-refractivity contribution in [2.45, 2.75) is 19.9 Å². The van der Waals surface area contributed by atoms with Crippen LogP contribution in [-0.2, 0) is 0 Å². The van der Waals surface area contributed by atoms with Crippen LogP contribution in [0.1, 0.15) is 13.8 Å². The number of nitrogens with one attached hydrogen (secondary N) is 1. The summed E-state index contributed by atoms with van der Waals surface area (Å²) in [6.07, 6.45) is 1.77. The van der Waals surface area contributed by atoms with Gasteiger partial charge in [-0.1, -0.05) is 20.4 Å².